The van der Waals surface area contributed by atoms with E-state index >= 15 is 0 Å². The molecule has 0 aliphatic heterocycles. The predicted octanol–water partition coefficient (Wildman–Crippen LogP) is 10.8. The summed E-state index contributed by atoms with van der Waals surface area (Å²) < 4.78 is 0. The van der Waals surface area contributed by atoms with Gasteiger partial charge in [0.25, 0.3) is 0 Å². The highest BCUT2D eigenvalue weighted by Crippen LogP contribution is 2.45. The first-order chi connectivity index (χ1) is 23.3. The topological polar surface area (TPSA) is 40.5 Å². The Morgan fingerprint density at radius 2 is 0.625 bits per heavy atom. The Hall–Kier alpha value is -4.76. The van der Waals surface area contributed by atoms with E-state index in [2.05, 4.69) is 76.2 Å². The summed E-state index contributed by atoms with van der Waals surface area (Å²) in [6, 6.07) is 57.1. The maximum absolute atomic E-state index is 12.0. The van der Waals surface area contributed by atoms with Gasteiger partial charge < -0.3 is 10.2 Å². The third kappa shape index (κ3) is 7.36. The Kier molecular flexibility index (Phi) is 11.4. The average Bonchev–Trinajstić information content (AvgIpc) is 3.14. The number of hydrogen-bond acceptors (Lipinski definition) is 2. The van der Waals surface area contributed by atoms with Gasteiger partial charge >= 0.3 is 0 Å². The monoisotopic (exact) mass is 632 g/mol. The molecule has 0 aliphatic rings. The molecule has 0 aliphatic carbocycles. The number of benzene rings is 6. The number of rotatable bonds is 10. The zero-order valence-corrected chi connectivity index (χ0v) is 28.6. The van der Waals surface area contributed by atoms with E-state index < -0.39 is 11.2 Å². The molecule has 2 N–H and O–H groups in total. The first-order valence-electron chi connectivity index (χ1n) is 17.1. The lowest BCUT2D eigenvalue weighted by Crippen LogP contribution is -2.34. The van der Waals surface area contributed by atoms with Crippen LogP contribution in [-0.2, 0) is 11.2 Å². The molecule has 0 unspecified atom stereocenters. The fraction of sp³-hybridized carbons (Fsp3) is 0.217. The molecule has 0 amide bonds. The highest BCUT2D eigenvalue weighted by atomic mass is 16.3. The van der Waals surface area contributed by atoms with E-state index in [9.17, 15) is 10.2 Å². The van der Waals surface area contributed by atoms with Gasteiger partial charge in [-0.05, 0) is 60.1 Å². The largest absolute Gasteiger partial charge is 0.380 e. The average molecular weight is 633 g/mol. The Morgan fingerprint density at radius 3 is 0.896 bits per heavy atom. The van der Waals surface area contributed by atoms with Crippen molar-refractivity contribution < 1.29 is 10.2 Å². The smallest absolute Gasteiger partial charge is 0.121 e. The summed E-state index contributed by atoms with van der Waals surface area (Å²) in [4.78, 5) is 0. The van der Waals surface area contributed by atoms with E-state index in [1.165, 1.54) is 11.1 Å². The molecule has 0 saturated heterocycles. The molecule has 6 aromatic carbocycles. The summed E-state index contributed by atoms with van der Waals surface area (Å²) in [5.74, 6) is -0.0207. The summed E-state index contributed by atoms with van der Waals surface area (Å²) in [5, 5.41) is 23.9. The van der Waals surface area contributed by atoms with Crippen molar-refractivity contribution in [2.45, 2.75) is 63.6 Å². The Balaban J connectivity index is 0.000000188. The number of aliphatic hydroxyl groups is 2. The van der Waals surface area contributed by atoms with Crippen molar-refractivity contribution in [1.29, 1.82) is 0 Å². The molecular weight excluding hydrogens is 585 g/mol. The standard InChI is InChI=1S/2C23H24O/c2*1-3-22(19-10-6-4-7-11-19)23(24,20-12-8-5-9-13-20)21-16-14-18(2)15-17-21/h2*4-17,22,24H,3H2,1-2H3/t2*22-,23-/m11/s1. The van der Waals surface area contributed by atoms with Crippen LogP contribution in [0, 0.1) is 13.8 Å². The Labute approximate surface area is 287 Å². The van der Waals surface area contributed by atoms with Crippen molar-refractivity contribution in [3.63, 3.8) is 0 Å². The van der Waals surface area contributed by atoms with Gasteiger partial charge in [-0.15, -0.1) is 0 Å². The number of aryl methyl sites for hydroxylation is 2. The van der Waals surface area contributed by atoms with Gasteiger partial charge in [-0.2, -0.15) is 0 Å². The molecule has 0 bridgehead atoms. The maximum Gasteiger partial charge on any atom is 0.121 e. The Bertz CT molecular complexity index is 1660. The van der Waals surface area contributed by atoms with E-state index in [1.54, 1.807) is 0 Å². The molecular formula is C46H48O2. The van der Waals surface area contributed by atoms with Crippen LogP contribution in [0.5, 0.6) is 0 Å². The first-order valence-corrected chi connectivity index (χ1v) is 17.1. The van der Waals surface area contributed by atoms with Crippen LogP contribution in [0.3, 0.4) is 0 Å². The SMILES string of the molecule is CC[C@H](c1ccccc1)[C@@](O)(c1ccccc1)c1ccc(C)cc1.CC[C@H](c1ccccc1)[C@@](O)(c1ccccc1)c1ccc(C)cc1. The molecule has 0 heterocycles. The normalized spacial score (nSPS) is 14.8. The zero-order chi connectivity index (χ0) is 34.0. The second-order valence-electron chi connectivity index (χ2n) is 12.7. The fourth-order valence-corrected chi connectivity index (χ4v) is 7.05. The van der Waals surface area contributed by atoms with Gasteiger partial charge in [-0.3, -0.25) is 0 Å². The van der Waals surface area contributed by atoms with Crippen molar-refractivity contribution in [1.82, 2.24) is 0 Å². The summed E-state index contributed by atoms with van der Waals surface area (Å²) in [6.45, 7) is 8.42. The first kappa shape index (κ1) is 34.6. The molecule has 0 radical (unpaired) electrons. The van der Waals surface area contributed by atoms with E-state index in [0.717, 1.165) is 46.2 Å². The second-order valence-corrected chi connectivity index (χ2v) is 12.7. The van der Waals surface area contributed by atoms with Crippen LogP contribution < -0.4 is 0 Å². The van der Waals surface area contributed by atoms with E-state index in [-0.39, 0.29) is 11.8 Å². The van der Waals surface area contributed by atoms with E-state index in [0.29, 0.717) is 0 Å². The lowest BCUT2D eigenvalue weighted by atomic mass is 9.72. The third-order valence-electron chi connectivity index (χ3n) is 9.64. The lowest BCUT2D eigenvalue weighted by Gasteiger charge is -2.37. The molecule has 4 atom stereocenters. The Morgan fingerprint density at radius 1 is 0.375 bits per heavy atom. The molecule has 0 aromatic heterocycles. The summed E-state index contributed by atoms with van der Waals surface area (Å²) in [5.41, 5.74) is 6.36. The molecule has 48 heavy (non-hydrogen) atoms. The van der Waals surface area contributed by atoms with Gasteiger partial charge in [0.2, 0.25) is 0 Å². The molecule has 244 valence electrons. The molecule has 6 aromatic rings. The number of hydrogen-bond donors (Lipinski definition) is 2. The molecule has 0 saturated carbocycles. The second kappa shape index (κ2) is 15.9. The molecule has 2 nitrogen and oxygen atoms in total. The molecule has 6 rings (SSSR count). The van der Waals surface area contributed by atoms with Crippen molar-refractivity contribution in [3.8, 4) is 0 Å². The van der Waals surface area contributed by atoms with Gasteiger partial charge in [0.05, 0.1) is 0 Å². The van der Waals surface area contributed by atoms with Crippen LogP contribution >= 0.6 is 0 Å². The molecule has 2 heteroatoms. The van der Waals surface area contributed by atoms with Crippen LogP contribution in [0.1, 0.15) is 83.0 Å². The van der Waals surface area contributed by atoms with Gasteiger partial charge in [-0.1, -0.05) is 195 Å². The van der Waals surface area contributed by atoms with Crippen LogP contribution in [-0.4, -0.2) is 10.2 Å². The minimum Gasteiger partial charge on any atom is -0.380 e. The minimum atomic E-state index is -1.05. The van der Waals surface area contributed by atoms with Gasteiger partial charge in [0, 0.05) is 11.8 Å². The summed E-state index contributed by atoms with van der Waals surface area (Å²) >= 11 is 0. The molecule has 0 fully saturated rings. The summed E-state index contributed by atoms with van der Waals surface area (Å²) in [7, 11) is 0. The van der Waals surface area contributed by atoms with Crippen LogP contribution in [0.4, 0.5) is 0 Å². The predicted molar refractivity (Wildman–Crippen MR) is 200 cm³/mol. The zero-order valence-electron chi connectivity index (χ0n) is 28.6. The van der Waals surface area contributed by atoms with Crippen LogP contribution in [0.2, 0.25) is 0 Å². The van der Waals surface area contributed by atoms with E-state index in [4.69, 9.17) is 0 Å². The van der Waals surface area contributed by atoms with Crippen LogP contribution in [0.25, 0.3) is 0 Å². The minimum absolute atomic E-state index is 0.0104. The fourth-order valence-electron chi connectivity index (χ4n) is 7.05. The quantitative estimate of drug-likeness (QED) is 0.158. The van der Waals surface area contributed by atoms with Crippen molar-refractivity contribution >= 4 is 0 Å². The van der Waals surface area contributed by atoms with Gasteiger partial charge in [-0.25, -0.2) is 0 Å². The lowest BCUT2D eigenvalue weighted by molar-refractivity contribution is 0.0474. The molecule has 0 spiro atoms. The highest BCUT2D eigenvalue weighted by molar-refractivity contribution is 5.44. The summed E-state index contributed by atoms with van der Waals surface area (Å²) in [6.07, 6.45) is 1.70. The third-order valence-corrected chi connectivity index (χ3v) is 9.64. The highest BCUT2D eigenvalue weighted by Gasteiger charge is 2.41. The maximum atomic E-state index is 12.0. The van der Waals surface area contributed by atoms with Gasteiger partial charge in [0.1, 0.15) is 11.2 Å². The van der Waals surface area contributed by atoms with Crippen molar-refractivity contribution in [3.05, 3.63) is 214 Å². The van der Waals surface area contributed by atoms with Gasteiger partial charge in [0.15, 0.2) is 0 Å². The van der Waals surface area contributed by atoms with Crippen molar-refractivity contribution in [2.24, 2.45) is 0 Å². The van der Waals surface area contributed by atoms with Crippen molar-refractivity contribution in [2.75, 3.05) is 0 Å². The van der Waals surface area contributed by atoms with Crippen LogP contribution in [0.15, 0.2) is 170 Å². The van der Waals surface area contributed by atoms with E-state index in [1.807, 2.05) is 121 Å².